The fourth-order valence-electron chi connectivity index (χ4n) is 1.87. The Bertz CT molecular complexity index is 321. The first kappa shape index (κ1) is 12.4. The van der Waals surface area contributed by atoms with Crippen LogP contribution < -0.4 is 0 Å². The van der Waals surface area contributed by atoms with Gasteiger partial charge in [0, 0.05) is 7.11 Å². The Morgan fingerprint density at radius 2 is 2.13 bits per heavy atom. The highest BCUT2D eigenvalue weighted by Crippen LogP contribution is 2.27. The van der Waals surface area contributed by atoms with E-state index in [1.54, 1.807) is 0 Å². The number of methoxy groups -OCH3 is 2. The van der Waals surface area contributed by atoms with Crippen molar-refractivity contribution < 1.29 is 22.7 Å². The van der Waals surface area contributed by atoms with Crippen molar-refractivity contribution in [3.8, 4) is 0 Å². The van der Waals surface area contributed by atoms with Crippen molar-refractivity contribution in [2.24, 2.45) is 11.8 Å². The van der Waals surface area contributed by atoms with Crippen molar-refractivity contribution in [2.45, 2.75) is 6.42 Å². The zero-order valence-electron chi connectivity index (χ0n) is 8.93. The topological polar surface area (TPSA) is 69.7 Å². The van der Waals surface area contributed by atoms with E-state index in [0.717, 1.165) is 0 Å². The van der Waals surface area contributed by atoms with Gasteiger partial charge in [-0.05, 0) is 12.3 Å². The molecule has 88 valence electrons. The van der Waals surface area contributed by atoms with Gasteiger partial charge in [0.1, 0.15) is 0 Å². The summed E-state index contributed by atoms with van der Waals surface area (Å²) < 4.78 is 32.1. The molecule has 0 bridgehead atoms. The molecule has 0 N–H and O–H groups in total. The first-order valence-corrected chi connectivity index (χ1v) is 6.59. The third kappa shape index (κ3) is 3.17. The zero-order valence-corrected chi connectivity index (χ0v) is 9.75. The summed E-state index contributed by atoms with van der Waals surface area (Å²) in [6.07, 6.45) is 0.519. The van der Waals surface area contributed by atoms with E-state index in [2.05, 4.69) is 4.74 Å². The molecule has 5 nitrogen and oxygen atoms in total. The molecule has 0 spiro atoms. The lowest BCUT2D eigenvalue weighted by Crippen LogP contribution is -2.29. The molecule has 0 aromatic rings. The first-order chi connectivity index (χ1) is 7.00. The number of carbonyl (C=O) groups is 1. The number of esters is 1. The predicted molar refractivity (Wildman–Crippen MR) is 54.1 cm³/mol. The molecule has 1 fully saturated rings. The zero-order chi connectivity index (χ0) is 11.5. The molecular weight excluding hydrogens is 220 g/mol. The summed E-state index contributed by atoms with van der Waals surface area (Å²) in [6, 6.07) is 0. The molecule has 0 aromatic heterocycles. The molecule has 2 unspecified atom stereocenters. The van der Waals surface area contributed by atoms with E-state index in [-0.39, 0.29) is 30.0 Å². The summed E-state index contributed by atoms with van der Waals surface area (Å²) in [5.41, 5.74) is 0. The largest absolute Gasteiger partial charge is 0.469 e. The molecule has 15 heavy (non-hydrogen) atoms. The molecule has 1 aliphatic rings. The Labute approximate surface area is 89.7 Å². The lowest BCUT2D eigenvalue weighted by atomic mass is 9.92. The molecule has 2 atom stereocenters. The second-order valence-corrected chi connectivity index (χ2v) is 5.98. The summed E-state index contributed by atoms with van der Waals surface area (Å²) >= 11 is 0. The number of rotatable bonds is 4. The Morgan fingerprint density at radius 3 is 2.53 bits per heavy atom. The fraction of sp³-hybridized carbons (Fsp3) is 0.889. The van der Waals surface area contributed by atoms with Gasteiger partial charge in [0.15, 0.2) is 9.84 Å². The first-order valence-electron chi connectivity index (χ1n) is 4.77. The second kappa shape index (κ2) is 4.94. The maximum atomic E-state index is 11.4. The van der Waals surface area contributed by atoms with Crippen molar-refractivity contribution >= 4 is 15.8 Å². The van der Waals surface area contributed by atoms with E-state index in [9.17, 15) is 13.2 Å². The van der Waals surface area contributed by atoms with Crippen LogP contribution in [0.25, 0.3) is 0 Å². The quantitative estimate of drug-likeness (QED) is 0.635. The van der Waals surface area contributed by atoms with Crippen LogP contribution in [-0.4, -0.2) is 46.7 Å². The summed E-state index contributed by atoms with van der Waals surface area (Å²) in [5.74, 6) is -0.788. The Morgan fingerprint density at radius 1 is 1.47 bits per heavy atom. The molecule has 0 saturated carbocycles. The van der Waals surface area contributed by atoms with Crippen molar-refractivity contribution in [3.63, 3.8) is 0 Å². The summed E-state index contributed by atoms with van der Waals surface area (Å²) in [4.78, 5) is 11.4. The van der Waals surface area contributed by atoms with Crippen LogP contribution in [0.1, 0.15) is 6.42 Å². The highest BCUT2D eigenvalue weighted by Gasteiger charge is 2.37. The Balaban J connectivity index is 2.69. The molecule has 1 rings (SSSR count). The van der Waals surface area contributed by atoms with Crippen LogP contribution in [0.15, 0.2) is 0 Å². The molecule has 0 aliphatic carbocycles. The van der Waals surface area contributed by atoms with Crippen LogP contribution in [-0.2, 0) is 24.1 Å². The molecule has 1 aliphatic heterocycles. The van der Waals surface area contributed by atoms with E-state index in [1.165, 1.54) is 14.2 Å². The molecule has 1 saturated heterocycles. The number of ether oxygens (including phenoxy) is 2. The minimum Gasteiger partial charge on any atom is -0.469 e. The van der Waals surface area contributed by atoms with Gasteiger partial charge in [-0.25, -0.2) is 8.42 Å². The van der Waals surface area contributed by atoms with Gasteiger partial charge in [0.25, 0.3) is 0 Å². The van der Waals surface area contributed by atoms with Crippen LogP contribution in [0, 0.1) is 11.8 Å². The molecule has 0 radical (unpaired) electrons. The van der Waals surface area contributed by atoms with Gasteiger partial charge in [0.2, 0.25) is 0 Å². The maximum absolute atomic E-state index is 11.4. The monoisotopic (exact) mass is 236 g/mol. The van der Waals surface area contributed by atoms with E-state index < -0.39 is 15.8 Å². The lowest BCUT2D eigenvalue weighted by Gasteiger charge is -2.18. The van der Waals surface area contributed by atoms with Gasteiger partial charge in [-0.3, -0.25) is 4.79 Å². The van der Waals surface area contributed by atoms with E-state index in [1.807, 2.05) is 0 Å². The normalized spacial score (nSPS) is 26.1. The Kier molecular flexibility index (Phi) is 4.10. The summed E-state index contributed by atoms with van der Waals surface area (Å²) in [6.45, 7) is 0.215. The lowest BCUT2D eigenvalue weighted by molar-refractivity contribution is -0.149. The van der Waals surface area contributed by atoms with Crippen molar-refractivity contribution in [1.82, 2.24) is 0 Å². The van der Waals surface area contributed by atoms with Crippen LogP contribution in [0.4, 0.5) is 0 Å². The number of hydrogen-bond donors (Lipinski definition) is 0. The van der Waals surface area contributed by atoms with Gasteiger partial charge >= 0.3 is 5.97 Å². The van der Waals surface area contributed by atoms with Gasteiger partial charge in [0.05, 0.1) is 31.1 Å². The molecule has 1 heterocycles. The maximum Gasteiger partial charge on any atom is 0.311 e. The van der Waals surface area contributed by atoms with Crippen LogP contribution >= 0.6 is 0 Å². The predicted octanol–water partition coefficient (Wildman–Crippen LogP) is -0.143. The van der Waals surface area contributed by atoms with Crippen LogP contribution in [0.2, 0.25) is 0 Å². The minimum absolute atomic E-state index is 0.0656. The van der Waals surface area contributed by atoms with Gasteiger partial charge < -0.3 is 9.47 Å². The minimum atomic E-state index is -2.96. The molecule has 0 aromatic carbocycles. The smallest absolute Gasteiger partial charge is 0.311 e. The highest BCUT2D eigenvalue weighted by molar-refractivity contribution is 7.91. The standard InChI is InChI=1S/C9H16O5S/c1-13-5-8(9(10)14-2)7-3-4-15(11,12)6-7/h7-8H,3-6H2,1-2H3. The summed E-state index contributed by atoms with van der Waals surface area (Å²) in [5, 5.41) is 0. The van der Waals surface area contributed by atoms with Gasteiger partial charge in [-0.1, -0.05) is 0 Å². The van der Waals surface area contributed by atoms with Crippen LogP contribution in [0.5, 0.6) is 0 Å². The highest BCUT2D eigenvalue weighted by atomic mass is 32.2. The Hall–Kier alpha value is -0.620. The fourth-order valence-corrected chi connectivity index (χ4v) is 3.75. The second-order valence-electron chi connectivity index (χ2n) is 3.75. The molecule has 0 amide bonds. The van der Waals surface area contributed by atoms with Gasteiger partial charge in [-0.15, -0.1) is 0 Å². The van der Waals surface area contributed by atoms with Crippen molar-refractivity contribution in [2.75, 3.05) is 32.3 Å². The number of hydrogen-bond acceptors (Lipinski definition) is 5. The average molecular weight is 236 g/mol. The van der Waals surface area contributed by atoms with Gasteiger partial charge in [-0.2, -0.15) is 0 Å². The number of sulfone groups is 1. The molecular formula is C9H16O5S. The average Bonchev–Trinajstić information content (AvgIpc) is 2.54. The SMILES string of the molecule is COCC(C(=O)OC)C1CCS(=O)(=O)C1. The van der Waals surface area contributed by atoms with E-state index >= 15 is 0 Å². The molecule has 6 heteroatoms. The van der Waals surface area contributed by atoms with Crippen molar-refractivity contribution in [1.29, 1.82) is 0 Å². The third-order valence-electron chi connectivity index (χ3n) is 2.69. The van der Waals surface area contributed by atoms with E-state index in [0.29, 0.717) is 6.42 Å². The van der Waals surface area contributed by atoms with E-state index in [4.69, 9.17) is 4.74 Å². The number of carbonyl (C=O) groups excluding carboxylic acids is 1. The van der Waals surface area contributed by atoms with Crippen molar-refractivity contribution in [3.05, 3.63) is 0 Å². The third-order valence-corrected chi connectivity index (χ3v) is 4.48. The summed E-state index contributed by atoms with van der Waals surface area (Å²) in [7, 11) is -0.178. The van der Waals surface area contributed by atoms with Crippen LogP contribution in [0.3, 0.4) is 0 Å².